The monoisotopic (exact) mass is 359 g/mol. The summed E-state index contributed by atoms with van der Waals surface area (Å²) in [5.74, 6) is -0.594. The fourth-order valence-electron chi connectivity index (χ4n) is 2.65. The summed E-state index contributed by atoms with van der Waals surface area (Å²) in [4.78, 5) is 35.8. The Kier molecular flexibility index (Phi) is 4.89. The van der Waals surface area contributed by atoms with Gasteiger partial charge in [0.15, 0.2) is 0 Å². The molecule has 0 saturated carbocycles. The number of carboxylic acids is 1. The Morgan fingerprint density at radius 1 is 1.24 bits per heavy atom. The molecular weight excluding hydrogens is 342 g/mol. The van der Waals surface area contributed by atoms with Gasteiger partial charge in [0.25, 0.3) is 5.56 Å². The molecule has 1 saturated heterocycles. The zero-order valence-electron chi connectivity index (χ0n) is 13.3. The van der Waals surface area contributed by atoms with E-state index in [1.54, 1.807) is 6.07 Å². The number of hydrogen-bond acceptors (Lipinski definition) is 5. The molecule has 3 rings (SSSR count). The van der Waals surface area contributed by atoms with E-state index in [4.69, 9.17) is 0 Å². The molecule has 1 aliphatic heterocycles. The third-order valence-corrected chi connectivity index (χ3v) is 5.23. The van der Waals surface area contributed by atoms with Crippen LogP contribution in [-0.2, 0) is 16.1 Å². The molecule has 130 valence electrons. The van der Waals surface area contributed by atoms with Crippen molar-refractivity contribution in [2.24, 2.45) is 0 Å². The Labute approximate surface area is 148 Å². The van der Waals surface area contributed by atoms with Gasteiger partial charge in [0.05, 0.1) is 5.69 Å². The van der Waals surface area contributed by atoms with E-state index in [9.17, 15) is 19.5 Å². The summed E-state index contributed by atoms with van der Waals surface area (Å²) in [7, 11) is 0. The van der Waals surface area contributed by atoms with Crippen LogP contribution in [0.4, 0.5) is 0 Å². The molecule has 1 unspecified atom stereocenters. The highest BCUT2D eigenvalue weighted by atomic mass is 32.2. The minimum absolute atomic E-state index is 0.320. The van der Waals surface area contributed by atoms with Gasteiger partial charge in [-0.15, -0.1) is 0 Å². The maximum atomic E-state index is 12.3. The van der Waals surface area contributed by atoms with Crippen molar-refractivity contribution >= 4 is 23.6 Å². The molecule has 0 spiro atoms. The highest BCUT2D eigenvalue weighted by molar-refractivity contribution is 7.99. The number of nitrogens with zero attached hydrogens (tertiary/aromatic N) is 2. The molecule has 1 atom stereocenters. The molecule has 8 heteroatoms. The molecule has 1 amide bonds. The zero-order chi connectivity index (χ0) is 17.9. The summed E-state index contributed by atoms with van der Waals surface area (Å²) in [6.07, 6.45) is 0.366. The van der Waals surface area contributed by atoms with Crippen molar-refractivity contribution in [2.45, 2.75) is 18.5 Å². The van der Waals surface area contributed by atoms with E-state index in [-0.39, 0.29) is 6.54 Å². The lowest BCUT2D eigenvalue weighted by atomic mass is 9.99. The second kappa shape index (κ2) is 7.10. The summed E-state index contributed by atoms with van der Waals surface area (Å²) in [5, 5.41) is 16.2. The summed E-state index contributed by atoms with van der Waals surface area (Å²) < 4.78 is 1.05. The molecule has 2 N–H and O–H groups in total. The fraction of sp³-hybridized carbons (Fsp3) is 0.294. The Morgan fingerprint density at radius 3 is 2.64 bits per heavy atom. The first-order valence-electron chi connectivity index (χ1n) is 7.76. The van der Waals surface area contributed by atoms with Crippen LogP contribution in [0.1, 0.15) is 6.42 Å². The van der Waals surface area contributed by atoms with Gasteiger partial charge < -0.3 is 10.4 Å². The fourth-order valence-corrected chi connectivity index (χ4v) is 3.98. The molecule has 25 heavy (non-hydrogen) atoms. The number of rotatable bonds is 5. The van der Waals surface area contributed by atoms with Gasteiger partial charge in [-0.05, 0) is 18.2 Å². The van der Waals surface area contributed by atoms with Crippen molar-refractivity contribution in [3.8, 4) is 11.3 Å². The lowest BCUT2D eigenvalue weighted by Gasteiger charge is -2.24. The van der Waals surface area contributed by atoms with Crippen molar-refractivity contribution in [3.05, 3.63) is 52.8 Å². The first-order chi connectivity index (χ1) is 12.0. The van der Waals surface area contributed by atoms with Crippen LogP contribution >= 0.6 is 11.8 Å². The molecule has 7 nitrogen and oxygen atoms in total. The van der Waals surface area contributed by atoms with Crippen LogP contribution in [0, 0.1) is 0 Å². The number of aromatic nitrogens is 2. The number of hydrogen-bond donors (Lipinski definition) is 2. The molecular formula is C17H17N3O4S. The lowest BCUT2D eigenvalue weighted by molar-refractivity contribution is -0.146. The predicted molar refractivity (Wildman–Crippen MR) is 94.4 cm³/mol. The maximum Gasteiger partial charge on any atom is 0.330 e. The molecule has 1 aromatic heterocycles. The Balaban J connectivity index is 1.79. The number of nitrogens with one attached hydrogen (secondary N) is 1. The highest BCUT2D eigenvalue weighted by Crippen LogP contribution is 2.28. The van der Waals surface area contributed by atoms with Crippen molar-refractivity contribution in [1.82, 2.24) is 15.1 Å². The van der Waals surface area contributed by atoms with E-state index in [0.29, 0.717) is 23.6 Å². The number of carboxylic acid groups (broad SMARTS) is 1. The second-order valence-electron chi connectivity index (χ2n) is 5.82. The zero-order valence-corrected chi connectivity index (χ0v) is 14.2. The number of thioether (sulfide) groups is 1. The van der Waals surface area contributed by atoms with Crippen LogP contribution in [-0.4, -0.2) is 43.8 Å². The van der Waals surface area contributed by atoms with Crippen LogP contribution in [0.2, 0.25) is 0 Å². The van der Waals surface area contributed by atoms with Crippen LogP contribution in [0.5, 0.6) is 0 Å². The van der Waals surface area contributed by atoms with Gasteiger partial charge >= 0.3 is 5.97 Å². The minimum atomic E-state index is -1.26. The Morgan fingerprint density at radius 2 is 2.00 bits per heavy atom. The van der Waals surface area contributed by atoms with E-state index in [0.717, 1.165) is 10.2 Å². The molecule has 2 heterocycles. The number of amides is 1. The third-order valence-electron chi connectivity index (χ3n) is 4.04. The second-order valence-corrected chi connectivity index (χ2v) is 6.92. The third kappa shape index (κ3) is 3.74. The van der Waals surface area contributed by atoms with Crippen molar-refractivity contribution in [3.63, 3.8) is 0 Å². The maximum absolute atomic E-state index is 12.3. The first-order valence-corrected chi connectivity index (χ1v) is 8.91. The average molecular weight is 359 g/mol. The summed E-state index contributed by atoms with van der Waals surface area (Å²) in [6, 6.07) is 12.2. The van der Waals surface area contributed by atoms with E-state index in [1.807, 2.05) is 30.3 Å². The predicted octanol–water partition coefficient (Wildman–Crippen LogP) is 0.987. The molecule has 1 aliphatic rings. The SMILES string of the molecule is O=C(Cn1nc(-c2ccccc2)ccc1=O)NC1(C(=O)O)CCSC1. The van der Waals surface area contributed by atoms with E-state index < -0.39 is 23.0 Å². The van der Waals surface area contributed by atoms with Crippen LogP contribution < -0.4 is 10.9 Å². The van der Waals surface area contributed by atoms with E-state index in [1.165, 1.54) is 17.8 Å². The van der Waals surface area contributed by atoms with Gasteiger partial charge in [-0.2, -0.15) is 16.9 Å². The van der Waals surface area contributed by atoms with E-state index in [2.05, 4.69) is 10.4 Å². The smallest absolute Gasteiger partial charge is 0.330 e. The Hall–Kier alpha value is -2.61. The standard InChI is InChI=1S/C17H17N3O4S/c21-14(18-17(16(23)24)8-9-25-11-17)10-20-15(22)7-6-13(19-20)12-4-2-1-3-5-12/h1-7H,8-11H2,(H,18,21)(H,23,24). The van der Waals surface area contributed by atoms with Crippen molar-refractivity contribution < 1.29 is 14.7 Å². The molecule has 0 bridgehead atoms. The van der Waals surface area contributed by atoms with Crippen LogP contribution in [0.3, 0.4) is 0 Å². The molecule has 2 aromatic rings. The van der Waals surface area contributed by atoms with Crippen LogP contribution in [0.15, 0.2) is 47.3 Å². The normalized spacial score (nSPS) is 19.5. The number of carbonyl (C=O) groups excluding carboxylic acids is 1. The number of carbonyl (C=O) groups is 2. The molecule has 0 radical (unpaired) electrons. The van der Waals surface area contributed by atoms with Gasteiger partial charge in [0, 0.05) is 17.4 Å². The lowest BCUT2D eigenvalue weighted by Crippen LogP contribution is -2.55. The first kappa shape index (κ1) is 17.2. The molecule has 0 aliphatic carbocycles. The van der Waals surface area contributed by atoms with Gasteiger partial charge in [-0.25, -0.2) is 9.48 Å². The quantitative estimate of drug-likeness (QED) is 0.825. The van der Waals surface area contributed by atoms with Crippen LogP contribution in [0.25, 0.3) is 11.3 Å². The van der Waals surface area contributed by atoms with Crippen molar-refractivity contribution in [1.29, 1.82) is 0 Å². The summed E-state index contributed by atoms with van der Waals surface area (Å²) >= 11 is 1.48. The topological polar surface area (TPSA) is 101 Å². The van der Waals surface area contributed by atoms with Gasteiger partial charge in [-0.3, -0.25) is 9.59 Å². The van der Waals surface area contributed by atoms with Gasteiger partial charge in [0.2, 0.25) is 5.91 Å². The van der Waals surface area contributed by atoms with Crippen molar-refractivity contribution in [2.75, 3.05) is 11.5 Å². The largest absolute Gasteiger partial charge is 0.479 e. The number of benzene rings is 1. The summed E-state index contributed by atoms with van der Waals surface area (Å²) in [5.41, 5.74) is -0.286. The minimum Gasteiger partial charge on any atom is -0.479 e. The van der Waals surface area contributed by atoms with Gasteiger partial charge in [0.1, 0.15) is 12.1 Å². The highest BCUT2D eigenvalue weighted by Gasteiger charge is 2.43. The van der Waals surface area contributed by atoms with Gasteiger partial charge in [-0.1, -0.05) is 30.3 Å². The molecule has 1 aromatic carbocycles. The number of aliphatic carboxylic acids is 1. The Bertz CT molecular complexity index is 844. The summed E-state index contributed by atoms with van der Waals surface area (Å²) in [6.45, 7) is -0.320. The average Bonchev–Trinajstić information content (AvgIpc) is 3.07. The van der Waals surface area contributed by atoms with E-state index >= 15 is 0 Å². The molecule has 1 fully saturated rings.